The van der Waals surface area contributed by atoms with Crippen LogP contribution in [0.2, 0.25) is 0 Å². The van der Waals surface area contributed by atoms with Gasteiger partial charge in [0.2, 0.25) is 0 Å². The zero-order chi connectivity index (χ0) is 13.0. The molecular weight excluding hydrogens is 224 g/mol. The van der Waals surface area contributed by atoms with E-state index in [0.29, 0.717) is 11.5 Å². The van der Waals surface area contributed by atoms with E-state index >= 15 is 0 Å². The van der Waals surface area contributed by atoms with E-state index in [9.17, 15) is 4.79 Å². The fraction of sp³-hybridized carbons (Fsp3) is 0.312. The SMILES string of the molecule is CC1=CCC(C)/C(=C\OC(=O)c2ccccc2)C1. The van der Waals surface area contributed by atoms with Gasteiger partial charge in [-0.05, 0) is 43.4 Å². The molecule has 0 amide bonds. The Morgan fingerprint density at radius 1 is 1.33 bits per heavy atom. The summed E-state index contributed by atoms with van der Waals surface area (Å²) in [4.78, 5) is 11.8. The molecule has 1 aromatic rings. The first-order valence-electron chi connectivity index (χ1n) is 6.27. The predicted octanol–water partition coefficient (Wildman–Crippen LogP) is 4.10. The third-order valence-corrected chi connectivity index (χ3v) is 3.26. The van der Waals surface area contributed by atoms with Gasteiger partial charge in [-0.2, -0.15) is 0 Å². The summed E-state index contributed by atoms with van der Waals surface area (Å²) in [6.45, 7) is 4.27. The molecule has 2 rings (SSSR count). The first kappa shape index (κ1) is 12.6. The summed E-state index contributed by atoms with van der Waals surface area (Å²) in [6, 6.07) is 9.07. The summed E-state index contributed by atoms with van der Waals surface area (Å²) in [5.74, 6) is 0.166. The van der Waals surface area contributed by atoms with E-state index in [4.69, 9.17) is 4.74 Å². The topological polar surface area (TPSA) is 26.3 Å². The number of rotatable bonds is 2. The average molecular weight is 242 g/mol. The van der Waals surface area contributed by atoms with Gasteiger partial charge in [0.05, 0.1) is 11.8 Å². The smallest absolute Gasteiger partial charge is 0.342 e. The Balaban J connectivity index is 2.03. The Morgan fingerprint density at radius 2 is 2.06 bits per heavy atom. The van der Waals surface area contributed by atoms with Gasteiger partial charge in [0, 0.05) is 0 Å². The molecule has 0 N–H and O–H groups in total. The van der Waals surface area contributed by atoms with Crippen LogP contribution < -0.4 is 0 Å². The van der Waals surface area contributed by atoms with E-state index in [-0.39, 0.29) is 5.97 Å². The molecule has 0 bridgehead atoms. The van der Waals surface area contributed by atoms with Crippen LogP contribution in [0, 0.1) is 5.92 Å². The van der Waals surface area contributed by atoms with Crippen molar-refractivity contribution in [3.05, 3.63) is 59.4 Å². The van der Waals surface area contributed by atoms with Crippen LogP contribution in [-0.2, 0) is 4.74 Å². The zero-order valence-electron chi connectivity index (χ0n) is 10.8. The number of ether oxygens (including phenoxy) is 1. The minimum Gasteiger partial charge on any atom is -0.431 e. The molecule has 0 aliphatic heterocycles. The Kier molecular flexibility index (Phi) is 3.98. The van der Waals surface area contributed by atoms with Crippen molar-refractivity contribution in [2.75, 3.05) is 0 Å². The molecule has 0 radical (unpaired) electrons. The molecular formula is C16H18O2. The summed E-state index contributed by atoms with van der Waals surface area (Å²) >= 11 is 0. The molecule has 2 nitrogen and oxygen atoms in total. The minimum atomic E-state index is -0.289. The summed E-state index contributed by atoms with van der Waals surface area (Å²) in [7, 11) is 0. The van der Waals surface area contributed by atoms with Crippen LogP contribution in [0.25, 0.3) is 0 Å². The Bertz CT molecular complexity index is 483. The number of carbonyl (C=O) groups excluding carboxylic acids is 1. The first-order valence-corrected chi connectivity index (χ1v) is 6.27. The standard InChI is InChI=1S/C16H18O2/c1-12-8-9-13(2)15(10-12)11-18-16(17)14-6-4-3-5-7-14/h3-8,11,13H,9-10H2,1-2H3/b15-11-. The average Bonchev–Trinajstić information content (AvgIpc) is 2.40. The highest BCUT2D eigenvalue weighted by molar-refractivity contribution is 5.89. The fourth-order valence-corrected chi connectivity index (χ4v) is 2.03. The van der Waals surface area contributed by atoms with Crippen molar-refractivity contribution < 1.29 is 9.53 Å². The normalized spacial score (nSPS) is 21.6. The molecule has 1 aliphatic carbocycles. The largest absolute Gasteiger partial charge is 0.431 e. The van der Waals surface area contributed by atoms with E-state index in [1.54, 1.807) is 18.4 Å². The van der Waals surface area contributed by atoms with E-state index in [0.717, 1.165) is 12.8 Å². The van der Waals surface area contributed by atoms with E-state index in [1.807, 2.05) is 18.2 Å². The second-order valence-corrected chi connectivity index (χ2v) is 4.83. The summed E-state index contributed by atoms with van der Waals surface area (Å²) in [5, 5.41) is 0. The molecule has 0 saturated heterocycles. The molecule has 0 saturated carbocycles. The van der Waals surface area contributed by atoms with E-state index < -0.39 is 0 Å². The number of hydrogen-bond donors (Lipinski definition) is 0. The lowest BCUT2D eigenvalue weighted by atomic mass is 9.87. The summed E-state index contributed by atoms with van der Waals surface area (Å²) in [6.07, 6.45) is 5.82. The Labute approximate surface area is 108 Å². The van der Waals surface area contributed by atoms with Crippen molar-refractivity contribution in [2.45, 2.75) is 26.7 Å². The highest BCUT2D eigenvalue weighted by Crippen LogP contribution is 2.28. The Morgan fingerprint density at radius 3 is 2.78 bits per heavy atom. The van der Waals surface area contributed by atoms with Gasteiger partial charge >= 0.3 is 5.97 Å². The zero-order valence-corrected chi connectivity index (χ0v) is 10.8. The number of benzene rings is 1. The lowest BCUT2D eigenvalue weighted by Gasteiger charge is -2.19. The van der Waals surface area contributed by atoms with E-state index in [1.165, 1.54) is 11.1 Å². The number of esters is 1. The highest BCUT2D eigenvalue weighted by atomic mass is 16.5. The quantitative estimate of drug-likeness (QED) is 0.443. The monoisotopic (exact) mass is 242 g/mol. The van der Waals surface area contributed by atoms with Gasteiger partial charge in [-0.15, -0.1) is 0 Å². The van der Waals surface area contributed by atoms with Crippen LogP contribution in [0.3, 0.4) is 0 Å². The molecule has 2 heteroatoms. The van der Waals surface area contributed by atoms with Crippen molar-refractivity contribution in [1.29, 1.82) is 0 Å². The van der Waals surface area contributed by atoms with Crippen LogP contribution in [-0.4, -0.2) is 5.97 Å². The number of allylic oxidation sites excluding steroid dienone is 3. The van der Waals surface area contributed by atoms with Gasteiger partial charge in [-0.1, -0.05) is 36.8 Å². The number of carbonyl (C=O) groups is 1. The van der Waals surface area contributed by atoms with E-state index in [2.05, 4.69) is 19.9 Å². The fourth-order valence-electron chi connectivity index (χ4n) is 2.03. The van der Waals surface area contributed by atoms with Crippen LogP contribution in [0.15, 0.2) is 53.8 Å². The predicted molar refractivity (Wildman–Crippen MR) is 72.1 cm³/mol. The summed E-state index contributed by atoms with van der Waals surface area (Å²) in [5.41, 5.74) is 3.12. The van der Waals surface area contributed by atoms with Gasteiger partial charge < -0.3 is 4.74 Å². The van der Waals surface area contributed by atoms with Gasteiger partial charge in [0.25, 0.3) is 0 Å². The van der Waals surface area contributed by atoms with Gasteiger partial charge in [0.1, 0.15) is 0 Å². The van der Waals surface area contributed by atoms with Crippen LogP contribution in [0.1, 0.15) is 37.0 Å². The molecule has 1 atom stereocenters. The second-order valence-electron chi connectivity index (χ2n) is 4.83. The third-order valence-electron chi connectivity index (χ3n) is 3.26. The lowest BCUT2D eigenvalue weighted by molar-refractivity contribution is 0.0658. The molecule has 0 fully saturated rings. The van der Waals surface area contributed by atoms with Crippen molar-refractivity contribution in [3.8, 4) is 0 Å². The van der Waals surface area contributed by atoms with Crippen molar-refractivity contribution in [3.63, 3.8) is 0 Å². The highest BCUT2D eigenvalue weighted by Gasteiger charge is 2.15. The maximum atomic E-state index is 11.8. The lowest BCUT2D eigenvalue weighted by Crippen LogP contribution is -2.07. The molecule has 94 valence electrons. The molecule has 0 spiro atoms. The number of hydrogen-bond acceptors (Lipinski definition) is 2. The molecule has 1 unspecified atom stereocenters. The van der Waals surface area contributed by atoms with Crippen LogP contribution in [0.5, 0.6) is 0 Å². The maximum absolute atomic E-state index is 11.8. The van der Waals surface area contributed by atoms with Gasteiger partial charge in [-0.3, -0.25) is 0 Å². The maximum Gasteiger partial charge on any atom is 0.342 e. The van der Waals surface area contributed by atoms with Crippen molar-refractivity contribution in [1.82, 2.24) is 0 Å². The van der Waals surface area contributed by atoms with Crippen molar-refractivity contribution >= 4 is 5.97 Å². The molecule has 1 aliphatic rings. The molecule has 0 aromatic heterocycles. The van der Waals surface area contributed by atoms with Crippen LogP contribution >= 0.6 is 0 Å². The summed E-state index contributed by atoms with van der Waals surface area (Å²) < 4.78 is 5.26. The first-order chi connectivity index (χ1) is 8.66. The molecule has 18 heavy (non-hydrogen) atoms. The van der Waals surface area contributed by atoms with Gasteiger partial charge in [-0.25, -0.2) is 4.79 Å². The molecule has 1 aromatic carbocycles. The minimum absolute atomic E-state index is 0.289. The Hall–Kier alpha value is -1.83. The van der Waals surface area contributed by atoms with Crippen LogP contribution in [0.4, 0.5) is 0 Å². The van der Waals surface area contributed by atoms with Crippen molar-refractivity contribution in [2.24, 2.45) is 5.92 Å². The van der Waals surface area contributed by atoms with Gasteiger partial charge in [0.15, 0.2) is 0 Å². The molecule has 0 heterocycles. The third kappa shape index (κ3) is 3.10. The second kappa shape index (κ2) is 5.67.